The second kappa shape index (κ2) is 5.29. The van der Waals surface area contributed by atoms with Crippen molar-refractivity contribution in [3.8, 4) is 0 Å². The predicted octanol–water partition coefficient (Wildman–Crippen LogP) is 0.0205. The minimum Gasteiger partial charge on any atom is -0.545 e. The molecule has 0 amide bonds. The first-order valence-electron chi connectivity index (χ1n) is 6.41. The van der Waals surface area contributed by atoms with E-state index >= 15 is 0 Å². The zero-order valence-electron chi connectivity index (χ0n) is 11.5. The number of hydrogen-bond acceptors (Lipinski definition) is 5. The summed E-state index contributed by atoms with van der Waals surface area (Å²) in [5.74, 6) is -1.35. The topological polar surface area (TPSA) is 135 Å². The predicted molar refractivity (Wildman–Crippen MR) is 80.5 cm³/mol. The molecule has 9 heteroatoms. The summed E-state index contributed by atoms with van der Waals surface area (Å²) < 4.78 is 27.0. The molecule has 3 N–H and O–H groups in total. The average Bonchev–Trinajstić information content (AvgIpc) is 2.86. The Morgan fingerprint density at radius 1 is 1.00 bits per heavy atom. The average molecular weight is 332 g/mol. The minimum atomic E-state index is -3.88. The van der Waals surface area contributed by atoms with Gasteiger partial charge >= 0.3 is 5.69 Å². The highest BCUT2D eigenvalue weighted by Gasteiger charge is 2.15. The van der Waals surface area contributed by atoms with Gasteiger partial charge in [0.25, 0.3) is 10.0 Å². The number of carbonyl (C=O) groups is 1. The van der Waals surface area contributed by atoms with E-state index in [1.165, 1.54) is 42.5 Å². The van der Waals surface area contributed by atoms with Gasteiger partial charge in [0.2, 0.25) is 0 Å². The largest absolute Gasteiger partial charge is 0.545 e. The van der Waals surface area contributed by atoms with Gasteiger partial charge in [-0.05, 0) is 35.9 Å². The second-order valence-corrected chi connectivity index (χ2v) is 6.44. The van der Waals surface area contributed by atoms with E-state index in [1.54, 1.807) is 0 Å². The number of carbonyl (C=O) groups excluding carboxylic acids is 1. The minimum absolute atomic E-state index is 0.0378. The van der Waals surface area contributed by atoms with Gasteiger partial charge in [0.05, 0.1) is 21.9 Å². The third kappa shape index (κ3) is 2.94. The zero-order valence-corrected chi connectivity index (χ0v) is 12.3. The number of carboxylic acid groups (broad SMARTS) is 1. The summed E-state index contributed by atoms with van der Waals surface area (Å²) in [6, 6.07) is 9.26. The van der Waals surface area contributed by atoms with E-state index in [-0.39, 0.29) is 16.1 Å². The third-order valence-corrected chi connectivity index (χ3v) is 4.55. The number of aromatic carboxylic acids is 1. The van der Waals surface area contributed by atoms with E-state index in [1.807, 2.05) is 0 Å². The zero-order chi connectivity index (χ0) is 16.6. The van der Waals surface area contributed by atoms with Crippen LogP contribution in [0.1, 0.15) is 10.4 Å². The van der Waals surface area contributed by atoms with Gasteiger partial charge in [-0.15, -0.1) is 0 Å². The van der Waals surface area contributed by atoms with E-state index in [0.717, 1.165) is 0 Å². The molecule has 3 rings (SSSR count). The van der Waals surface area contributed by atoms with E-state index in [9.17, 15) is 23.1 Å². The summed E-state index contributed by atoms with van der Waals surface area (Å²) in [6.45, 7) is 0. The maximum Gasteiger partial charge on any atom is 0.323 e. The lowest BCUT2D eigenvalue weighted by Gasteiger charge is -2.09. The smallest absolute Gasteiger partial charge is 0.323 e. The molecule has 0 fully saturated rings. The Hall–Kier alpha value is -3.07. The Bertz CT molecular complexity index is 1050. The van der Waals surface area contributed by atoms with Crippen molar-refractivity contribution in [1.82, 2.24) is 9.97 Å². The van der Waals surface area contributed by atoms with Crippen molar-refractivity contribution in [1.29, 1.82) is 0 Å². The van der Waals surface area contributed by atoms with Crippen molar-refractivity contribution < 1.29 is 18.3 Å². The number of carboxylic acids is 1. The van der Waals surface area contributed by atoms with E-state index in [2.05, 4.69) is 14.7 Å². The first-order valence-corrected chi connectivity index (χ1v) is 7.90. The normalized spacial score (nSPS) is 11.5. The number of H-pyrrole nitrogens is 2. The quantitative estimate of drug-likeness (QED) is 0.619. The van der Waals surface area contributed by atoms with Crippen molar-refractivity contribution in [2.24, 2.45) is 0 Å². The van der Waals surface area contributed by atoms with Crippen LogP contribution < -0.4 is 15.5 Å². The number of aromatic nitrogens is 2. The van der Waals surface area contributed by atoms with Gasteiger partial charge in [-0.1, -0.05) is 12.1 Å². The molecule has 0 atom stereocenters. The third-order valence-electron chi connectivity index (χ3n) is 3.17. The Balaban J connectivity index is 1.93. The summed E-state index contributed by atoms with van der Waals surface area (Å²) in [7, 11) is -3.88. The van der Waals surface area contributed by atoms with Gasteiger partial charge in [-0.3, -0.25) is 4.72 Å². The number of hydrogen-bond donors (Lipinski definition) is 3. The number of fused-ring (bicyclic) bond motifs is 1. The van der Waals surface area contributed by atoms with Gasteiger partial charge in [0.15, 0.2) is 0 Å². The van der Waals surface area contributed by atoms with Gasteiger partial charge in [0, 0.05) is 5.69 Å². The molecule has 1 aromatic heterocycles. The molecule has 0 saturated heterocycles. The Morgan fingerprint density at radius 2 is 1.65 bits per heavy atom. The lowest BCUT2D eigenvalue weighted by Crippen LogP contribution is -2.22. The highest BCUT2D eigenvalue weighted by atomic mass is 32.2. The number of benzene rings is 2. The molecule has 0 saturated carbocycles. The summed E-state index contributed by atoms with van der Waals surface area (Å²) in [5, 5.41) is 10.7. The maximum absolute atomic E-state index is 12.3. The van der Waals surface area contributed by atoms with Crippen molar-refractivity contribution in [2.75, 3.05) is 4.72 Å². The standard InChI is InChI=1S/C14H11N3O5S/c18-13(19)8-1-3-9(4-2-8)17-23(21,22)10-5-6-11-12(7-10)16-14(20)15-11/h1-7,17H,(H,18,19)(H2,15,16,20)/p-1. The van der Waals surface area contributed by atoms with Gasteiger partial charge in [-0.25, -0.2) is 13.2 Å². The summed E-state index contributed by atoms with van der Waals surface area (Å²) in [4.78, 5) is 26.8. The first kappa shape index (κ1) is 14.9. The fraction of sp³-hybridized carbons (Fsp3) is 0. The van der Waals surface area contributed by atoms with Gasteiger partial charge in [-0.2, -0.15) is 0 Å². The Labute approximate surface area is 129 Å². The maximum atomic E-state index is 12.3. The summed E-state index contributed by atoms with van der Waals surface area (Å²) >= 11 is 0. The molecule has 0 spiro atoms. The number of rotatable bonds is 4. The fourth-order valence-corrected chi connectivity index (χ4v) is 3.15. The van der Waals surface area contributed by atoms with E-state index < -0.39 is 21.7 Å². The monoisotopic (exact) mass is 332 g/mol. The highest BCUT2D eigenvalue weighted by Crippen LogP contribution is 2.19. The molecule has 1 heterocycles. The van der Waals surface area contributed by atoms with Crippen LogP contribution in [0.3, 0.4) is 0 Å². The van der Waals surface area contributed by atoms with Crippen LogP contribution in [0, 0.1) is 0 Å². The molecule has 0 unspecified atom stereocenters. The molecule has 3 aromatic rings. The molecule has 0 aliphatic heterocycles. The van der Waals surface area contributed by atoms with E-state index in [0.29, 0.717) is 11.0 Å². The van der Waals surface area contributed by atoms with E-state index in [4.69, 9.17) is 0 Å². The highest BCUT2D eigenvalue weighted by molar-refractivity contribution is 7.92. The van der Waals surface area contributed by atoms with Crippen molar-refractivity contribution >= 4 is 32.7 Å². The number of anilines is 1. The lowest BCUT2D eigenvalue weighted by atomic mass is 10.2. The molecule has 0 bridgehead atoms. The molecular weight excluding hydrogens is 322 g/mol. The van der Waals surface area contributed by atoms with Crippen LogP contribution in [0.25, 0.3) is 11.0 Å². The number of sulfonamides is 1. The Kier molecular flexibility index (Phi) is 3.41. The first-order chi connectivity index (χ1) is 10.8. The van der Waals surface area contributed by atoms with Crippen LogP contribution in [-0.4, -0.2) is 24.4 Å². The van der Waals surface area contributed by atoms with Crippen molar-refractivity contribution in [3.63, 3.8) is 0 Å². The number of nitrogens with one attached hydrogen (secondary N) is 3. The van der Waals surface area contributed by atoms with Gasteiger partial charge in [0.1, 0.15) is 0 Å². The number of aromatic amines is 2. The van der Waals surface area contributed by atoms with Crippen molar-refractivity contribution in [2.45, 2.75) is 4.90 Å². The lowest BCUT2D eigenvalue weighted by molar-refractivity contribution is -0.255. The molecule has 8 nitrogen and oxygen atoms in total. The summed E-state index contributed by atoms with van der Waals surface area (Å²) in [5.41, 5.74) is 0.578. The van der Waals surface area contributed by atoms with Crippen LogP contribution in [-0.2, 0) is 10.0 Å². The van der Waals surface area contributed by atoms with Crippen LogP contribution in [0.15, 0.2) is 52.2 Å². The molecule has 23 heavy (non-hydrogen) atoms. The van der Waals surface area contributed by atoms with Crippen LogP contribution in [0.5, 0.6) is 0 Å². The Morgan fingerprint density at radius 3 is 2.30 bits per heavy atom. The SMILES string of the molecule is O=C([O-])c1ccc(NS(=O)(=O)c2ccc3[nH]c(=O)[nH]c3c2)cc1. The molecule has 2 aromatic carbocycles. The summed E-state index contributed by atoms with van der Waals surface area (Å²) in [6.07, 6.45) is 0. The van der Waals surface area contributed by atoms with Crippen molar-refractivity contribution in [3.05, 3.63) is 58.5 Å². The van der Waals surface area contributed by atoms with Crippen LogP contribution in [0.4, 0.5) is 5.69 Å². The van der Waals surface area contributed by atoms with Crippen LogP contribution in [0.2, 0.25) is 0 Å². The molecule has 0 aliphatic rings. The second-order valence-electron chi connectivity index (χ2n) is 4.76. The van der Waals surface area contributed by atoms with Crippen LogP contribution >= 0.6 is 0 Å². The number of imidazole rings is 1. The fourth-order valence-electron chi connectivity index (χ4n) is 2.07. The molecule has 0 aliphatic carbocycles. The molecule has 0 radical (unpaired) electrons. The van der Waals surface area contributed by atoms with Gasteiger partial charge < -0.3 is 19.9 Å². The molecular formula is C14H10N3O5S-. The molecule has 118 valence electrons.